The normalized spacial score (nSPS) is 24.8. The van der Waals surface area contributed by atoms with Gasteiger partial charge in [0.25, 0.3) is 11.5 Å². The number of aryl methyl sites for hydroxylation is 2. The Morgan fingerprint density at radius 1 is 1.05 bits per heavy atom. The zero-order valence-electron chi connectivity index (χ0n) is 23.4. The number of rotatable bonds is 7. The van der Waals surface area contributed by atoms with Crippen molar-refractivity contribution in [3.63, 3.8) is 0 Å². The number of aromatic nitrogens is 4. The fourth-order valence-corrected chi connectivity index (χ4v) is 8.45. The zero-order chi connectivity index (χ0) is 28.1. The second-order valence-corrected chi connectivity index (χ2v) is 13.2. The van der Waals surface area contributed by atoms with E-state index in [1.165, 1.54) is 55.4 Å². The first kappa shape index (κ1) is 26.1. The lowest BCUT2D eigenvalue weighted by Gasteiger charge is -2.57. The van der Waals surface area contributed by atoms with Crippen molar-refractivity contribution in [2.24, 2.45) is 22.7 Å². The van der Waals surface area contributed by atoms with E-state index < -0.39 is 0 Å². The molecule has 2 aromatic carbocycles. The molecule has 41 heavy (non-hydrogen) atoms. The van der Waals surface area contributed by atoms with E-state index in [1.807, 2.05) is 13.8 Å². The van der Waals surface area contributed by atoms with Crippen LogP contribution in [0.3, 0.4) is 0 Å². The minimum absolute atomic E-state index is 0.131. The SMILES string of the molecule is CCc1nnc(NC(=O)c2ccc(N=Cc3c(C)[nH]n(-c4ccc(C56CC7CC(CC(C7)C5)C6)cc4)c3=O)cc2)s1. The average Bonchev–Trinajstić information content (AvgIpc) is 3.54. The topological polar surface area (TPSA) is 105 Å². The number of hydrogen-bond donors (Lipinski definition) is 2. The van der Waals surface area contributed by atoms with Gasteiger partial charge >= 0.3 is 0 Å². The molecule has 9 heteroatoms. The third-order valence-corrected chi connectivity index (χ3v) is 10.3. The van der Waals surface area contributed by atoms with Crippen LogP contribution in [0, 0.1) is 24.7 Å². The first-order chi connectivity index (χ1) is 19.9. The maximum Gasteiger partial charge on any atom is 0.280 e. The van der Waals surface area contributed by atoms with Crippen molar-refractivity contribution in [3.8, 4) is 5.69 Å². The van der Waals surface area contributed by atoms with E-state index in [0.717, 1.165) is 40.6 Å². The maximum absolute atomic E-state index is 13.3. The molecule has 4 bridgehead atoms. The van der Waals surface area contributed by atoms with Crippen molar-refractivity contribution < 1.29 is 4.79 Å². The van der Waals surface area contributed by atoms with Gasteiger partial charge in [0, 0.05) is 17.5 Å². The van der Waals surface area contributed by atoms with E-state index in [-0.39, 0.29) is 11.5 Å². The number of nitrogens with zero attached hydrogens (tertiary/aromatic N) is 4. The summed E-state index contributed by atoms with van der Waals surface area (Å²) in [6, 6.07) is 15.6. The highest BCUT2D eigenvalue weighted by molar-refractivity contribution is 7.15. The predicted octanol–water partition coefficient (Wildman–Crippen LogP) is 6.36. The van der Waals surface area contributed by atoms with Crippen LogP contribution in [0.4, 0.5) is 10.8 Å². The monoisotopic (exact) mass is 566 g/mol. The molecular formula is C32H34N6O2S. The fraction of sp³-hybridized carbons (Fsp3) is 0.406. The molecule has 4 aromatic rings. The van der Waals surface area contributed by atoms with Crippen LogP contribution in [0.5, 0.6) is 0 Å². The number of amides is 1. The highest BCUT2D eigenvalue weighted by Gasteiger charge is 2.51. The van der Waals surface area contributed by atoms with Crippen LogP contribution in [0.2, 0.25) is 0 Å². The Morgan fingerprint density at radius 2 is 1.71 bits per heavy atom. The molecule has 4 saturated carbocycles. The summed E-state index contributed by atoms with van der Waals surface area (Å²) in [5.74, 6) is 2.46. The molecular weight excluding hydrogens is 532 g/mol. The highest BCUT2D eigenvalue weighted by atomic mass is 32.1. The van der Waals surface area contributed by atoms with E-state index in [1.54, 1.807) is 35.2 Å². The molecule has 2 N–H and O–H groups in total. The molecule has 1 amide bonds. The van der Waals surface area contributed by atoms with Crippen molar-refractivity contribution >= 4 is 34.3 Å². The maximum atomic E-state index is 13.3. The second kappa shape index (κ2) is 10.2. The molecule has 0 unspecified atom stereocenters. The first-order valence-corrected chi connectivity index (χ1v) is 15.4. The Bertz CT molecular complexity index is 1640. The van der Waals surface area contributed by atoms with Crippen molar-refractivity contribution in [2.75, 3.05) is 5.32 Å². The Kier molecular flexibility index (Phi) is 6.49. The molecule has 8 nitrogen and oxygen atoms in total. The van der Waals surface area contributed by atoms with Crippen LogP contribution in [-0.4, -0.2) is 32.1 Å². The molecule has 2 heterocycles. The van der Waals surface area contributed by atoms with Crippen LogP contribution in [0.1, 0.15) is 77.6 Å². The predicted molar refractivity (Wildman–Crippen MR) is 162 cm³/mol. The molecule has 0 spiro atoms. The molecule has 2 aromatic heterocycles. The third-order valence-electron chi connectivity index (χ3n) is 9.36. The van der Waals surface area contributed by atoms with Crippen molar-refractivity contribution in [1.29, 1.82) is 0 Å². The summed E-state index contributed by atoms with van der Waals surface area (Å²) in [7, 11) is 0. The van der Waals surface area contributed by atoms with Crippen LogP contribution in [-0.2, 0) is 11.8 Å². The number of benzene rings is 2. The quantitative estimate of drug-likeness (QED) is 0.254. The summed E-state index contributed by atoms with van der Waals surface area (Å²) in [5.41, 5.74) is 4.91. The Hall–Kier alpha value is -3.85. The van der Waals surface area contributed by atoms with Gasteiger partial charge in [-0.25, -0.2) is 4.68 Å². The summed E-state index contributed by atoms with van der Waals surface area (Å²) in [5, 5.41) is 15.4. The summed E-state index contributed by atoms with van der Waals surface area (Å²) in [6.45, 7) is 3.88. The molecule has 0 saturated heterocycles. The molecule has 210 valence electrons. The Labute approximate surface area is 242 Å². The molecule has 4 fully saturated rings. The molecule has 4 aliphatic carbocycles. The van der Waals surface area contributed by atoms with E-state index >= 15 is 0 Å². The number of aliphatic imine (C=N–C) groups is 1. The highest BCUT2D eigenvalue weighted by Crippen LogP contribution is 2.60. The van der Waals surface area contributed by atoms with Gasteiger partial charge in [-0.1, -0.05) is 30.4 Å². The molecule has 0 radical (unpaired) electrons. The largest absolute Gasteiger partial charge is 0.296 e. The number of carbonyl (C=O) groups excluding carboxylic acids is 1. The van der Waals surface area contributed by atoms with Crippen molar-refractivity contribution in [3.05, 3.63) is 86.3 Å². The summed E-state index contributed by atoms with van der Waals surface area (Å²) >= 11 is 1.37. The van der Waals surface area contributed by atoms with Crippen LogP contribution < -0.4 is 10.9 Å². The summed E-state index contributed by atoms with van der Waals surface area (Å²) in [4.78, 5) is 30.4. The van der Waals surface area contributed by atoms with Gasteiger partial charge in [-0.3, -0.25) is 25.0 Å². The van der Waals surface area contributed by atoms with Gasteiger partial charge in [-0.2, -0.15) is 0 Å². The number of carbonyl (C=O) groups is 1. The number of hydrogen-bond acceptors (Lipinski definition) is 6. The first-order valence-electron chi connectivity index (χ1n) is 14.6. The second-order valence-electron chi connectivity index (χ2n) is 12.1. The Morgan fingerprint density at radius 3 is 2.32 bits per heavy atom. The lowest BCUT2D eigenvalue weighted by Crippen LogP contribution is -2.48. The van der Waals surface area contributed by atoms with Gasteiger partial charge in [-0.15, -0.1) is 10.2 Å². The third kappa shape index (κ3) is 4.86. The van der Waals surface area contributed by atoms with Gasteiger partial charge in [0.15, 0.2) is 0 Å². The number of nitrogens with one attached hydrogen (secondary N) is 2. The summed E-state index contributed by atoms with van der Waals surface area (Å²) < 4.78 is 1.60. The molecule has 4 aliphatic rings. The lowest BCUT2D eigenvalue weighted by atomic mass is 9.48. The van der Waals surface area contributed by atoms with Gasteiger partial charge in [0.1, 0.15) is 5.01 Å². The van der Waals surface area contributed by atoms with E-state index in [2.05, 4.69) is 49.9 Å². The summed E-state index contributed by atoms with van der Waals surface area (Å²) in [6.07, 6.45) is 10.7. The van der Waals surface area contributed by atoms with Crippen LogP contribution >= 0.6 is 11.3 Å². The number of H-pyrrole nitrogens is 1. The molecule has 0 atom stereocenters. The van der Waals surface area contributed by atoms with Crippen LogP contribution in [0.15, 0.2) is 58.3 Å². The smallest absolute Gasteiger partial charge is 0.280 e. The van der Waals surface area contributed by atoms with Crippen LogP contribution in [0.25, 0.3) is 5.69 Å². The van der Waals surface area contributed by atoms with Gasteiger partial charge in [-0.05, 0) is 117 Å². The average molecular weight is 567 g/mol. The van der Waals surface area contributed by atoms with Gasteiger partial charge in [0.05, 0.1) is 16.9 Å². The van der Waals surface area contributed by atoms with Gasteiger partial charge in [0.2, 0.25) is 5.13 Å². The minimum atomic E-state index is -0.252. The molecule has 0 aliphatic heterocycles. The van der Waals surface area contributed by atoms with E-state index in [9.17, 15) is 9.59 Å². The standard InChI is InChI=1S/C32H34N6O2S/c1-3-28-35-36-31(41-28)34-29(39)23-4-8-25(9-5-23)33-18-27-19(2)37-38(30(27)40)26-10-6-24(7-11-26)32-15-20-12-21(16-32)14-22(13-20)17-32/h4-11,18,20-22,37H,3,12-17H2,1-2H3,(H,34,36,39). The number of aromatic amines is 1. The number of anilines is 1. The fourth-order valence-electron chi connectivity index (χ4n) is 7.78. The van der Waals surface area contributed by atoms with E-state index in [4.69, 9.17) is 0 Å². The van der Waals surface area contributed by atoms with Crippen molar-refractivity contribution in [1.82, 2.24) is 20.0 Å². The van der Waals surface area contributed by atoms with Crippen molar-refractivity contribution in [2.45, 2.75) is 64.2 Å². The minimum Gasteiger partial charge on any atom is -0.296 e. The lowest BCUT2D eigenvalue weighted by molar-refractivity contribution is -0.00518. The molecule has 8 rings (SSSR count). The Balaban J connectivity index is 1.05. The van der Waals surface area contributed by atoms with Gasteiger partial charge < -0.3 is 0 Å². The van der Waals surface area contributed by atoms with E-state index in [0.29, 0.717) is 27.4 Å². The zero-order valence-corrected chi connectivity index (χ0v) is 24.2.